The molecule has 1 N–H and O–H groups in total. The molecule has 1 heterocycles. The lowest BCUT2D eigenvalue weighted by Gasteiger charge is -2.20. The average molecular weight is 426 g/mol. The molecule has 0 atom stereocenters. The van der Waals surface area contributed by atoms with Crippen LogP contribution in [0.3, 0.4) is 0 Å². The Balaban J connectivity index is 1.72. The molecule has 0 radical (unpaired) electrons. The Hall–Kier alpha value is -2.64. The number of carbonyl (C=O) groups is 2. The van der Waals surface area contributed by atoms with Crippen molar-refractivity contribution in [1.29, 1.82) is 0 Å². The van der Waals surface area contributed by atoms with E-state index in [1.807, 2.05) is 55.6 Å². The Kier molecular flexibility index (Phi) is 6.71. The summed E-state index contributed by atoms with van der Waals surface area (Å²) >= 11 is 3.13. The Labute approximate surface area is 179 Å². The maximum absolute atomic E-state index is 12.3. The van der Waals surface area contributed by atoms with Gasteiger partial charge in [-0.3, -0.25) is 14.5 Å². The molecular formula is C22H23N3O2S2. The van der Waals surface area contributed by atoms with Gasteiger partial charge < -0.3 is 5.32 Å². The van der Waals surface area contributed by atoms with E-state index in [1.165, 1.54) is 18.3 Å². The lowest BCUT2D eigenvalue weighted by atomic mass is 10.1. The molecule has 150 valence electrons. The van der Waals surface area contributed by atoms with Gasteiger partial charge in [0.15, 0.2) is 5.13 Å². The largest absolute Gasteiger partial charge is 0.326 e. The van der Waals surface area contributed by atoms with E-state index < -0.39 is 0 Å². The van der Waals surface area contributed by atoms with Gasteiger partial charge in [0, 0.05) is 35.6 Å². The zero-order valence-electron chi connectivity index (χ0n) is 16.9. The highest BCUT2D eigenvalue weighted by Gasteiger charge is 2.19. The van der Waals surface area contributed by atoms with Crippen molar-refractivity contribution in [2.75, 3.05) is 10.2 Å². The number of aryl methyl sites for hydroxylation is 2. The Morgan fingerprint density at radius 3 is 2.45 bits per heavy atom. The van der Waals surface area contributed by atoms with Crippen LogP contribution in [0.25, 0.3) is 0 Å². The summed E-state index contributed by atoms with van der Waals surface area (Å²) < 4.78 is 0. The molecule has 7 heteroatoms. The molecule has 0 aliphatic heterocycles. The fraction of sp³-hybridized carbons (Fsp3) is 0.227. The Morgan fingerprint density at radius 1 is 1.10 bits per heavy atom. The van der Waals surface area contributed by atoms with Gasteiger partial charge in [0.2, 0.25) is 11.8 Å². The summed E-state index contributed by atoms with van der Waals surface area (Å²) in [6, 6.07) is 13.8. The minimum absolute atomic E-state index is 0.0564. The van der Waals surface area contributed by atoms with Crippen LogP contribution in [0, 0.1) is 13.8 Å². The summed E-state index contributed by atoms with van der Waals surface area (Å²) in [5, 5.41) is 5.43. The minimum atomic E-state index is -0.0840. The third kappa shape index (κ3) is 5.46. The zero-order chi connectivity index (χ0) is 21.0. The first-order valence-corrected chi connectivity index (χ1v) is 11.0. The van der Waals surface area contributed by atoms with Gasteiger partial charge in [-0.1, -0.05) is 17.7 Å². The molecule has 5 nitrogen and oxygen atoms in total. The number of rotatable bonds is 6. The van der Waals surface area contributed by atoms with Crippen LogP contribution in [-0.4, -0.2) is 16.8 Å². The molecule has 0 saturated heterocycles. The molecule has 29 heavy (non-hydrogen) atoms. The predicted molar refractivity (Wildman–Crippen MR) is 121 cm³/mol. The van der Waals surface area contributed by atoms with Gasteiger partial charge in [0.05, 0.1) is 11.4 Å². The van der Waals surface area contributed by atoms with Gasteiger partial charge in [-0.2, -0.15) is 0 Å². The third-order valence-corrected chi connectivity index (χ3v) is 6.12. The second-order valence-corrected chi connectivity index (χ2v) is 8.65. The zero-order valence-corrected chi connectivity index (χ0v) is 18.5. The number of anilines is 3. The maximum Gasteiger partial charge on any atom is 0.230 e. The van der Waals surface area contributed by atoms with Crippen molar-refractivity contribution in [3.63, 3.8) is 0 Å². The molecule has 0 unspecified atom stereocenters. The van der Waals surface area contributed by atoms with Gasteiger partial charge in [-0.15, -0.1) is 23.1 Å². The summed E-state index contributed by atoms with van der Waals surface area (Å²) in [5.74, 6) is 0.563. The fourth-order valence-corrected chi connectivity index (χ4v) is 4.70. The highest BCUT2D eigenvalue weighted by atomic mass is 32.2. The lowest BCUT2D eigenvalue weighted by Crippen LogP contribution is -2.23. The van der Waals surface area contributed by atoms with E-state index in [0.717, 1.165) is 33.1 Å². The number of amides is 2. The van der Waals surface area contributed by atoms with Gasteiger partial charge in [0.25, 0.3) is 0 Å². The van der Waals surface area contributed by atoms with E-state index in [1.54, 1.807) is 23.6 Å². The second-order valence-electron chi connectivity index (χ2n) is 6.76. The lowest BCUT2D eigenvalue weighted by molar-refractivity contribution is -0.116. The molecule has 2 amide bonds. The van der Waals surface area contributed by atoms with Crippen LogP contribution < -0.4 is 10.2 Å². The van der Waals surface area contributed by atoms with Gasteiger partial charge in [-0.05, 0) is 49.7 Å². The van der Waals surface area contributed by atoms with Crippen molar-refractivity contribution in [3.05, 3.63) is 64.7 Å². The van der Waals surface area contributed by atoms with Crippen molar-refractivity contribution >= 4 is 51.4 Å². The Morgan fingerprint density at radius 2 is 1.83 bits per heavy atom. The molecule has 0 bridgehead atoms. The molecular weight excluding hydrogens is 402 g/mol. The van der Waals surface area contributed by atoms with E-state index >= 15 is 0 Å². The van der Waals surface area contributed by atoms with Crippen molar-refractivity contribution in [1.82, 2.24) is 4.98 Å². The molecule has 2 aromatic carbocycles. The van der Waals surface area contributed by atoms with Crippen LogP contribution in [-0.2, 0) is 15.3 Å². The van der Waals surface area contributed by atoms with Crippen LogP contribution in [0.15, 0.2) is 52.7 Å². The second kappa shape index (κ2) is 9.24. The third-order valence-electron chi connectivity index (χ3n) is 4.20. The number of nitrogens with one attached hydrogen (secondary N) is 1. The van der Waals surface area contributed by atoms with E-state index in [2.05, 4.69) is 16.4 Å². The van der Waals surface area contributed by atoms with Gasteiger partial charge >= 0.3 is 0 Å². The average Bonchev–Trinajstić information content (AvgIpc) is 3.11. The van der Waals surface area contributed by atoms with Crippen LogP contribution in [0.4, 0.5) is 16.5 Å². The van der Waals surface area contributed by atoms with E-state index in [0.29, 0.717) is 10.9 Å². The van der Waals surface area contributed by atoms with Crippen molar-refractivity contribution in [2.45, 2.75) is 38.3 Å². The molecule has 0 fully saturated rings. The summed E-state index contributed by atoms with van der Waals surface area (Å²) in [6.45, 7) is 7.10. The highest BCUT2D eigenvalue weighted by molar-refractivity contribution is 7.98. The topological polar surface area (TPSA) is 62.3 Å². The van der Waals surface area contributed by atoms with Crippen LogP contribution in [0.5, 0.6) is 0 Å². The summed E-state index contributed by atoms with van der Waals surface area (Å²) in [7, 11) is 0. The van der Waals surface area contributed by atoms with Crippen LogP contribution in [0.2, 0.25) is 0 Å². The van der Waals surface area contributed by atoms with Crippen LogP contribution in [0.1, 0.15) is 30.7 Å². The smallest absolute Gasteiger partial charge is 0.230 e. The number of aromatic nitrogens is 1. The van der Waals surface area contributed by atoms with Crippen molar-refractivity contribution in [3.8, 4) is 0 Å². The molecule has 0 saturated carbocycles. The molecule has 3 aromatic rings. The van der Waals surface area contributed by atoms with Crippen LogP contribution >= 0.6 is 23.1 Å². The van der Waals surface area contributed by atoms with Crippen molar-refractivity contribution in [2.24, 2.45) is 0 Å². The minimum Gasteiger partial charge on any atom is -0.326 e. The van der Waals surface area contributed by atoms with E-state index in [-0.39, 0.29) is 11.8 Å². The number of hydrogen-bond donors (Lipinski definition) is 1. The number of nitrogens with zero attached hydrogens (tertiary/aromatic N) is 2. The quantitative estimate of drug-likeness (QED) is 0.515. The molecule has 0 spiro atoms. The number of carbonyl (C=O) groups excluding carboxylic acids is 2. The summed E-state index contributed by atoms with van der Waals surface area (Å²) in [4.78, 5) is 30.9. The van der Waals surface area contributed by atoms with Gasteiger partial charge in [-0.25, -0.2) is 4.98 Å². The van der Waals surface area contributed by atoms with Gasteiger partial charge in [0.1, 0.15) is 0 Å². The molecule has 0 aliphatic carbocycles. The fourth-order valence-electron chi connectivity index (χ4n) is 2.92. The number of hydrogen-bond acceptors (Lipinski definition) is 5. The normalized spacial score (nSPS) is 10.6. The monoisotopic (exact) mass is 425 g/mol. The first kappa shape index (κ1) is 21.1. The number of thioether (sulfide) groups is 1. The highest BCUT2D eigenvalue weighted by Crippen LogP contribution is 2.33. The molecule has 1 aromatic heterocycles. The number of thiazole rings is 1. The van der Waals surface area contributed by atoms with E-state index in [4.69, 9.17) is 0 Å². The predicted octanol–water partition coefficient (Wildman–Crippen LogP) is 5.70. The number of benzene rings is 2. The molecule has 0 aliphatic rings. The van der Waals surface area contributed by atoms with Crippen molar-refractivity contribution < 1.29 is 9.59 Å². The first-order chi connectivity index (χ1) is 13.8. The van der Waals surface area contributed by atoms with E-state index in [9.17, 15) is 9.59 Å². The Bertz CT molecular complexity index is 1030. The summed E-state index contributed by atoms with van der Waals surface area (Å²) in [6.07, 6.45) is 0. The molecule has 3 rings (SSSR count). The maximum atomic E-state index is 12.3. The SMILES string of the molecule is CC(=O)Nc1ccc(SCc2csc(N(C(C)=O)c3ccc(C)cc3C)n2)cc1. The summed E-state index contributed by atoms with van der Waals surface area (Å²) in [5.41, 5.74) is 4.78. The first-order valence-electron chi connectivity index (χ1n) is 9.16. The standard InChI is InChI=1S/C22H23N3O2S2/c1-14-5-10-21(15(2)11-14)25(17(4)27)22-24-19(13-29-22)12-28-20-8-6-18(7-9-20)23-16(3)26/h5-11,13H,12H2,1-4H3,(H,23,26).